The van der Waals surface area contributed by atoms with Crippen LogP contribution in [0, 0.1) is 6.92 Å². The number of nitrogens with one attached hydrogen (secondary N) is 1. The van der Waals surface area contributed by atoms with Crippen molar-refractivity contribution in [1.29, 1.82) is 0 Å². The Morgan fingerprint density at radius 1 is 1.37 bits per heavy atom. The van der Waals surface area contributed by atoms with Gasteiger partial charge in [-0.25, -0.2) is 0 Å². The number of sulfonamides is 1. The van der Waals surface area contributed by atoms with E-state index in [1.54, 1.807) is 12.1 Å². The molecule has 0 bridgehead atoms. The van der Waals surface area contributed by atoms with Crippen LogP contribution in [0.4, 0.5) is 5.69 Å². The Morgan fingerprint density at radius 2 is 2.05 bits per heavy atom. The summed E-state index contributed by atoms with van der Waals surface area (Å²) in [5, 5.41) is 15.1. The van der Waals surface area contributed by atoms with Gasteiger partial charge in [0.1, 0.15) is 0 Å². The van der Waals surface area contributed by atoms with E-state index in [9.17, 15) is 8.42 Å². The average Bonchev–Trinajstić information content (AvgIpc) is 2.87. The molecule has 0 radical (unpaired) electrons. The maximum Gasteiger partial charge on any atom is 0.281 e. The molecule has 0 atom stereocenters. The molecule has 7 heteroatoms. The van der Waals surface area contributed by atoms with Gasteiger partial charge in [0.05, 0.1) is 18.5 Å². The highest BCUT2D eigenvalue weighted by molar-refractivity contribution is 7.92. The number of aliphatic hydroxyl groups excluding tert-OH is 1. The monoisotopic (exact) mass is 281 g/mol. The number of anilines is 1. The second-order valence-electron chi connectivity index (χ2n) is 4.14. The van der Waals surface area contributed by atoms with Crippen molar-refractivity contribution in [2.24, 2.45) is 0 Å². The van der Waals surface area contributed by atoms with Crippen molar-refractivity contribution in [3.05, 3.63) is 41.6 Å². The van der Waals surface area contributed by atoms with E-state index in [0.717, 1.165) is 5.56 Å². The Labute approximate surface area is 111 Å². The smallest absolute Gasteiger partial charge is 0.281 e. The lowest BCUT2D eigenvalue weighted by Crippen LogP contribution is -2.28. The number of aryl methyl sites for hydroxylation is 1. The summed E-state index contributed by atoms with van der Waals surface area (Å²) >= 11 is 0. The van der Waals surface area contributed by atoms with Crippen molar-refractivity contribution in [2.75, 3.05) is 11.4 Å². The zero-order chi connectivity index (χ0) is 14.0. The van der Waals surface area contributed by atoms with E-state index in [-0.39, 0.29) is 17.2 Å². The Bertz CT molecular complexity index is 679. The number of nitrogens with zero attached hydrogens (tertiary/aromatic N) is 2. The molecular formula is C12H15N3O3S. The fraction of sp³-hybridized carbons (Fsp3) is 0.250. The zero-order valence-electron chi connectivity index (χ0n) is 10.7. The molecule has 0 aliphatic heterocycles. The van der Waals surface area contributed by atoms with Crippen molar-refractivity contribution in [2.45, 2.75) is 18.6 Å². The summed E-state index contributed by atoms with van der Waals surface area (Å²) in [5.41, 5.74) is 1.68. The predicted molar refractivity (Wildman–Crippen MR) is 71.3 cm³/mol. The van der Waals surface area contributed by atoms with Crippen LogP contribution in [-0.4, -0.2) is 30.8 Å². The van der Waals surface area contributed by atoms with Gasteiger partial charge in [0.15, 0.2) is 5.03 Å². The van der Waals surface area contributed by atoms with Gasteiger partial charge in [0.2, 0.25) is 0 Å². The van der Waals surface area contributed by atoms with Crippen molar-refractivity contribution >= 4 is 15.7 Å². The lowest BCUT2D eigenvalue weighted by atomic mass is 10.2. The molecule has 0 aliphatic carbocycles. The van der Waals surface area contributed by atoms with Gasteiger partial charge in [-0.15, -0.1) is 0 Å². The molecular weight excluding hydrogens is 266 g/mol. The molecule has 1 aromatic carbocycles. The topological polar surface area (TPSA) is 86.3 Å². The van der Waals surface area contributed by atoms with Gasteiger partial charge in [-0.3, -0.25) is 9.40 Å². The Kier molecular flexibility index (Phi) is 3.59. The maximum atomic E-state index is 12.5. The normalized spacial score (nSPS) is 11.5. The summed E-state index contributed by atoms with van der Waals surface area (Å²) in [6.07, 6.45) is 1.30. The van der Waals surface area contributed by atoms with Crippen LogP contribution >= 0.6 is 0 Å². The van der Waals surface area contributed by atoms with E-state index in [2.05, 4.69) is 10.2 Å². The Hall–Kier alpha value is -1.86. The molecule has 1 heterocycles. The van der Waals surface area contributed by atoms with Gasteiger partial charge in [-0.2, -0.15) is 13.5 Å². The summed E-state index contributed by atoms with van der Waals surface area (Å²) in [6, 6.07) is 7.17. The van der Waals surface area contributed by atoms with E-state index >= 15 is 0 Å². The lowest BCUT2D eigenvalue weighted by molar-refractivity contribution is 0.278. The highest BCUT2D eigenvalue weighted by Gasteiger charge is 2.26. The highest BCUT2D eigenvalue weighted by atomic mass is 32.2. The van der Waals surface area contributed by atoms with Crippen LogP contribution < -0.4 is 4.31 Å². The Balaban J connectivity index is 2.49. The summed E-state index contributed by atoms with van der Waals surface area (Å²) in [5.74, 6) is 0. The number of aliphatic hydroxyl groups is 1. The first-order valence-electron chi connectivity index (χ1n) is 5.66. The standard InChI is InChI=1S/C12H15N3O3S/c1-9-5-3-4-6-11(9)15(2)19(17,18)12-10(8-16)7-13-14-12/h3-7,16H,8H2,1-2H3,(H,13,14). The largest absolute Gasteiger partial charge is 0.392 e. The van der Waals surface area contributed by atoms with Crippen LogP contribution in [0.2, 0.25) is 0 Å². The van der Waals surface area contributed by atoms with Gasteiger partial charge in [-0.05, 0) is 18.6 Å². The number of hydrogen-bond acceptors (Lipinski definition) is 4. The molecule has 102 valence electrons. The van der Waals surface area contributed by atoms with Gasteiger partial charge < -0.3 is 5.11 Å². The van der Waals surface area contributed by atoms with Crippen LogP contribution in [0.25, 0.3) is 0 Å². The molecule has 6 nitrogen and oxygen atoms in total. The molecule has 0 spiro atoms. The van der Waals surface area contributed by atoms with Gasteiger partial charge >= 0.3 is 0 Å². The number of para-hydroxylation sites is 1. The number of benzene rings is 1. The van der Waals surface area contributed by atoms with Crippen LogP contribution in [0.3, 0.4) is 0 Å². The van der Waals surface area contributed by atoms with Crippen molar-refractivity contribution in [3.63, 3.8) is 0 Å². The predicted octanol–water partition coefficient (Wildman–Crippen LogP) is 1.04. The lowest BCUT2D eigenvalue weighted by Gasteiger charge is -2.20. The zero-order valence-corrected chi connectivity index (χ0v) is 11.5. The van der Waals surface area contributed by atoms with E-state index in [0.29, 0.717) is 5.69 Å². The van der Waals surface area contributed by atoms with E-state index < -0.39 is 10.0 Å². The molecule has 0 unspecified atom stereocenters. The molecule has 2 rings (SSSR count). The van der Waals surface area contributed by atoms with Crippen molar-refractivity contribution in [3.8, 4) is 0 Å². The summed E-state index contributed by atoms with van der Waals surface area (Å²) < 4.78 is 26.1. The minimum absolute atomic E-state index is 0.0826. The second-order valence-corrected chi connectivity index (χ2v) is 6.05. The van der Waals surface area contributed by atoms with Crippen LogP contribution in [0.15, 0.2) is 35.5 Å². The quantitative estimate of drug-likeness (QED) is 0.876. The van der Waals surface area contributed by atoms with E-state index in [4.69, 9.17) is 5.11 Å². The summed E-state index contributed by atoms with van der Waals surface area (Å²) in [6.45, 7) is 1.45. The average molecular weight is 281 g/mol. The molecule has 1 aromatic heterocycles. The van der Waals surface area contributed by atoms with Crippen molar-refractivity contribution in [1.82, 2.24) is 10.2 Å². The van der Waals surface area contributed by atoms with Crippen LogP contribution in [-0.2, 0) is 16.6 Å². The van der Waals surface area contributed by atoms with Crippen LogP contribution in [0.5, 0.6) is 0 Å². The summed E-state index contributed by atoms with van der Waals surface area (Å²) in [4.78, 5) is 0. The van der Waals surface area contributed by atoms with E-state index in [1.165, 1.54) is 17.5 Å². The first kappa shape index (κ1) is 13.6. The molecule has 2 N–H and O–H groups in total. The molecule has 0 fully saturated rings. The third kappa shape index (κ3) is 2.34. The number of H-pyrrole nitrogens is 1. The maximum absolute atomic E-state index is 12.5. The fourth-order valence-electron chi connectivity index (χ4n) is 1.82. The third-order valence-corrected chi connectivity index (χ3v) is 4.71. The molecule has 0 saturated heterocycles. The third-order valence-electron chi connectivity index (χ3n) is 2.92. The molecule has 0 aliphatic rings. The van der Waals surface area contributed by atoms with Gasteiger partial charge in [0, 0.05) is 12.6 Å². The molecule has 0 saturated carbocycles. The van der Waals surface area contributed by atoms with Gasteiger partial charge in [-0.1, -0.05) is 18.2 Å². The second kappa shape index (κ2) is 5.02. The molecule has 0 amide bonds. The number of aromatic nitrogens is 2. The summed E-state index contributed by atoms with van der Waals surface area (Å²) in [7, 11) is -2.29. The Morgan fingerprint density at radius 3 is 2.68 bits per heavy atom. The highest BCUT2D eigenvalue weighted by Crippen LogP contribution is 2.25. The number of rotatable bonds is 4. The first-order valence-corrected chi connectivity index (χ1v) is 7.10. The molecule has 2 aromatic rings. The fourth-order valence-corrected chi connectivity index (χ4v) is 3.17. The minimum Gasteiger partial charge on any atom is -0.392 e. The first-order chi connectivity index (χ1) is 8.98. The van der Waals surface area contributed by atoms with Crippen LogP contribution in [0.1, 0.15) is 11.1 Å². The van der Waals surface area contributed by atoms with Crippen molar-refractivity contribution < 1.29 is 13.5 Å². The number of aromatic amines is 1. The minimum atomic E-state index is -3.76. The van der Waals surface area contributed by atoms with Gasteiger partial charge in [0.25, 0.3) is 10.0 Å². The number of hydrogen-bond donors (Lipinski definition) is 2. The van der Waals surface area contributed by atoms with E-state index in [1.807, 2.05) is 19.1 Å². The SMILES string of the molecule is Cc1ccccc1N(C)S(=O)(=O)c1[nH]ncc1CO. The molecule has 19 heavy (non-hydrogen) atoms.